The predicted molar refractivity (Wildman–Crippen MR) is 87.0 cm³/mol. The third-order valence-corrected chi connectivity index (χ3v) is 4.34. The first-order valence-corrected chi connectivity index (χ1v) is 7.94. The Balaban J connectivity index is 2.08. The summed E-state index contributed by atoms with van der Waals surface area (Å²) in [5.74, 6) is -0.00458. The standard InChI is InChI=1S/C15H20N4O2S/c1-11(13(20)18(2)3)22-15-17-16-14(21)19(15)10-9-12-7-5-4-6-8-12/h4-8,11H,9-10H2,1-3H3,(H,16,21). The fraction of sp³-hybridized carbons (Fsp3) is 0.400. The van der Waals surface area contributed by atoms with Crippen LogP contribution in [0, 0.1) is 0 Å². The number of rotatable bonds is 6. The summed E-state index contributed by atoms with van der Waals surface area (Å²) in [5, 5.41) is 6.74. The van der Waals surface area contributed by atoms with Gasteiger partial charge in [0.05, 0.1) is 5.25 Å². The Kier molecular flexibility index (Phi) is 5.43. The lowest BCUT2D eigenvalue weighted by Gasteiger charge is -2.16. The molecule has 0 aliphatic carbocycles. The van der Waals surface area contributed by atoms with E-state index in [2.05, 4.69) is 10.2 Å². The van der Waals surface area contributed by atoms with Crippen LogP contribution in [0.15, 0.2) is 40.3 Å². The predicted octanol–water partition coefficient (Wildman–Crippen LogP) is 1.38. The summed E-state index contributed by atoms with van der Waals surface area (Å²) in [7, 11) is 3.43. The van der Waals surface area contributed by atoms with E-state index in [0.29, 0.717) is 11.7 Å². The van der Waals surface area contributed by atoms with Crippen molar-refractivity contribution < 1.29 is 4.79 Å². The van der Waals surface area contributed by atoms with E-state index in [1.54, 1.807) is 18.7 Å². The van der Waals surface area contributed by atoms with E-state index in [4.69, 9.17) is 0 Å². The van der Waals surface area contributed by atoms with Crippen LogP contribution in [0.3, 0.4) is 0 Å². The number of hydrogen-bond donors (Lipinski definition) is 1. The van der Waals surface area contributed by atoms with E-state index >= 15 is 0 Å². The Morgan fingerprint density at radius 1 is 1.36 bits per heavy atom. The van der Waals surface area contributed by atoms with Crippen molar-refractivity contribution in [2.75, 3.05) is 14.1 Å². The number of amides is 1. The highest BCUT2D eigenvalue weighted by atomic mass is 32.2. The molecule has 1 unspecified atom stereocenters. The molecule has 22 heavy (non-hydrogen) atoms. The summed E-state index contributed by atoms with van der Waals surface area (Å²) in [6.07, 6.45) is 0.740. The van der Waals surface area contributed by atoms with Gasteiger partial charge in [0.1, 0.15) is 0 Å². The summed E-state index contributed by atoms with van der Waals surface area (Å²) in [6, 6.07) is 9.96. The Labute approximate surface area is 133 Å². The first kappa shape index (κ1) is 16.4. The normalized spacial score (nSPS) is 12.1. The molecule has 0 bridgehead atoms. The SMILES string of the molecule is CC(Sc1n[nH]c(=O)n1CCc1ccccc1)C(=O)N(C)C. The van der Waals surface area contributed by atoms with E-state index < -0.39 is 0 Å². The Morgan fingerprint density at radius 3 is 2.68 bits per heavy atom. The number of carbonyl (C=O) groups excluding carboxylic acids is 1. The highest BCUT2D eigenvalue weighted by Crippen LogP contribution is 2.21. The third kappa shape index (κ3) is 4.00. The van der Waals surface area contributed by atoms with Crippen LogP contribution in [-0.4, -0.2) is 44.9 Å². The first-order chi connectivity index (χ1) is 10.5. The molecule has 1 heterocycles. The first-order valence-electron chi connectivity index (χ1n) is 7.06. The molecule has 6 nitrogen and oxygen atoms in total. The van der Waals surface area contributed by atoms with Crippen molar-refractivity contribution in [3.05, 3.63) is 46.4 Å². The Hall–Kier alpha value is -2.02. The summed E-state index contributed by atoms with van der Waals surface area (Å²) in [4.78, 5) is 25.3. The number of nitrogens with zero attached hydrogens (tertiary/aromatic N) is 3. The highest BCUT2D eigenvalue weighted by Gasteiger charge is 2.20. The second-order valence-corrected chi connectivity index (χ2v) is 6.50. The van der Waals surface area contributed by atoms with E-state index in [1.807, 2.05) is 37.3 Å². The molecule has 1 aromatic carbocycles. The van der Waals surface area contributed by atoms with Gasteiger partial charge >= 0.3 is 5.69 Å². The smallest absolute Gasteiger partial charge is 0.343 e. The molecule has 2 aromatic rings. The number of H-pyrrole nitrogens is 1. The van der Waals surface area contributed by atoms with Gasteiger partial charge in [-0.1, -0.05) is 42.1 Å². The maximum absolute atomic E-state index is 11.9. The fourth-order valence-corrected chi connectivity index (χ4v) is 3.08. The van der Waals surface area contributed by atoms with Crippen molar-refractivity contribution >= 4 is 17.7 Å². The van der Waals surface area contributed by atoms with E-state index in [-0.39, 0.29) is 16.8 Å². The molecule has 0 saturated heterocycles. The van der Waals surface area contributed by atoms with E-state index in [9.17, 15) is 9.59 Å². The fourth-order valence-electron chi connectivity index (χ4n) is 2.05. The van der Waals surface area contributed by atoms with Gasteiger partial charge in [-0.3, -0.25) is 9.36 Å². The van der Waals surface area contributed by atoms with Crippen LogP contribution in [0.25, 0.3) is 0 Å². The average Bonchev–Trinajstić information content (AvgIpc) is 2.85. The molecule has 0 spiro atoms. The molecule has 118 valence electrons. The summed E-state index contributed by atoms with van der Waals surface area (Å²) >= 11 is 1.29. The largest absolute Gasteiger partial charge is 0.348 e. The molecule has 1 atom stereocenters. The van der Waals surface area contributed by atoms with E-state index in [1.165, 1.54) is 16.7 Å². The summed E-state index contributed by atoms with van der Waals surface area (Å²) in [5.41, 5.74) is 0.909. The van der Waals surface area contributed by atoms with E-state index in [0.717, 1.165) is 12.0 Å². The minimum Gasteiger partial charge on any atom is -0.348 e. The maximum Gasteiger partial charge on any atom is 0.343 e. The molecule has 1 amide bonds. The van der Waals surface area contributed by atoms with Crippen molar-refractivity contribution in [1.29, 1.82) is 0 Å². The Morgan fingerprint density at radius 2 is 2.05 bits per heavy atom. The van der Waals surface area contributed by atoms with Crippen molar-refractivity contribution in [1.82, 2.24) is 19.7 Å². The lowest BCUT2D eigenvalue weighted by Crippen LogP contribution is -2.30. The number of nitrogens with one attached hydrogen (secondary N) is 1. The molecule has 1 N–H and O–H groups in total. The average molecular weight is 320 g/mol. The summed E-state index contributed by atoms with van der Waals surface area (Å²) in [6.45, 7) is 2.35. The molecule has 2 rings (SSSR count). The van der Waals surface area contributed by atoms with Gasteiger partial charge in [0.15, 0.2) is 5.16 Å². The number of benzene rings is 1. The van der Waals surface area contributed by atoms with Gasteiger partial charge in [-0.15, -0.1) is 5.10 Å². The topological polar surface area (TPSA) is 71.0 Å². The van der Waals surface area contributed by atoms with Crippen LogP contribution in [0.1, 0.15) is 12.5 Å². The number of carbonyl (C=O) groups is 1. The molecule has 0 fully saturated rings. The minimum absolute atomic E-state index is 0.00458. The maximum atomic E-state index is 11.9. The number of thioether (sulfide) groups is 1. The number of hydrogen-bond acceptors (Lipinski definition) is 4. The second-order valence-electron chi connectivity index (χ2n) is 5.19. The second kappa shape index (κ2) is 7.31. The van der Waals surface area contributed by atoms with Crippen molar-refractivity contribution in [3.63, 3.8) is 0 Å². The molecule has 0 radical (unpaired) electrons. The number of aromatic nitrogens is 3. The van der Waals surface area contributed by atoms with Gasteiger partial charge < -0.3 is 4.90 Å². The van der Waals surface area contributed by atoms with Gasteiger partial charge in [-0.2, -0.15) is 0 Å². The van der Waals surface area contributed by atoms with Crippen LogP contribution in [-0.2, 0) is 17.8 Å². The van der Waals surface area contributed by atoms with Gasteiger partial charge in [-0.25, -0.2) is 9.89 Å². The van der Waals surface area contributed by atoms with Crippen molar-refractivity contribution in [3.8, 4) is 0 Å². The highest BCUT2D eigenvalue weighted by molar-refractivity contribution is 8.00. The monoisotopic (exact) mass is 320 g/mol. The number of aromatic amines is 1. The molecule has 0 saturated carbocycles. The van der Waals surface area contributed by atoms with Crippen molar-refractivity contribution in [2.24, 2.45) is 0 Å². The molecule has 7 heteroatoms. The molecular formula is C15H20N4O2S. The van der Waals surface area contributed by atoms with Crippen molar-refractivity contribution in [2.45, 2.75) is 30.3 Å². The van der Waals surface area contributed by atoms with Crippen LogP contribution in [0.5, 0.6) is 0 Å². The van der Waals surface area contributed by atoms with Crippen LogP contribution in [0.4, 0.5) is 0 Å². The zero-order valence-corrected chi connectivity index (χ0v) is 13.8. The molecule has 0 aliphatic rings. The molecular weight excluding hydrogens is 300 g/mol. The number of aryl methyl sites for hydroxylation is 1. The lowest BCUT2D eigenvalue weighted by atomic mass is 10.1. The lowest BCUT2D eigenvalue weighted by molar-refractivity contribution is -0.127. The molecule has 1 aromatic heterocycles. The van der Waals surface area contributed by atoms with Crippen LogP contribution < -0.4 is 5.69 Å². The Bertz CT molecular complexity index is 678. The van der Waals surface area contributed by atoms with Gasteiger partial charge in [0, 0.05) is 20.6 Å². The van der Waals surface area contributed by atoms with Crippen LogP contribution >= 0.6 is 11.8 Å². The van der Waals surface area contributed by atoms with Crippen LogP contribution in [0.2, 0.25) is 0 Å². The quantitative estimate of drug-likeness (QED) is 0.816. The van der Waals surface area contributed by atoms with Gasteiger partial charge in [0.2, 0.25) is 5.91 Å². The zero-order chi connectivity index (χ0) is 16.1. The molecule has 0 aliphatic heterocycles. The van der Waals surface area contributed by atoms with Gasteiger partial charge in [-0.05, 0) is 18.9 Å². The third-order valence-electron chi connectivity index (χ3n) is 3.26. The van der Waals surface area contributed by atoms with Gasteiger partial charge in [0.25, 0.3) is 0 Å². The minimum atomic E-state index is -0.291. The summed E-state index contributed by atoms with van der Waals surface area (Å²) < 4.78 is 1.58. The zero-order valence-electron chi connectivity index (χ0n) is 12.9.